The number of carbonyl (C=O) groups is 4. The fourth-order valence-electron chi connectivity index (χ4n) is 9.84. The Kier molecular flexibility index (Phi) is 17.3. The first kappa shape index (κ1) is 46.2. The first-order valence-electron chi connectivity index (χ1n) is 20.6. The number of hydrogen-bond acceptors (Lipinski definition) is 9. The maximum absolute atomic E-state index is 14.4. The van der Waals surface area contributed by atoms with Gasteiger partial charge in [-0.15, -0.1) is 0 Å². The molecule has 12 atom stereocenters. The number of rotatable bonds is 20. The van der Waals surface area contributed by atoms with Crippen molar-refractivity contribution in [3.63, 3.8) is 0 Å². The summed E-state index contributed by atoms with van der Waals surface area (Å²) in [4.78, 5) is 61.7. The Balaban J connectivity index is 1.44. The van der Waals surface area contributed by atoms with Crippen LogP contribution in [0.5, 0.6) is 0 Å². The summed E-state index contributed by atoms with van der Waals surface area (Å²) >= 11 is 2.07. The number of piperidine rings is 1. The molecule has 0 unspecified atom stereocenters. The van der Waals surface area contributed by atoms with Crippen LogP contribution in [-0.2, 0) is 35.1 Å². The molecule has 2 heterocycles. The second kappa shape index (κ2) is 20.9. The van der Waals surface area contributed by atoms with Gasteiger partial charge in [0, 0.05) is 39.5 Å². The van der Waals surface area contributed by atoms with Gasteiger partial charge in [0.25, 0.3) is 0 Å². The minimum absolute atomic E-state index is 0.00654. The molecule has 1 aliphatic carbocycles. The number of aliphatic hydroxyl groups excluding tert-OH is 1. The molecular weight excluding hydrogens is 827 g/mol. The van der Waals surface area contributed by atoms with E-state index >= 15 is 0 Å². The van der Waals surface area contributed by atoms with Gasteiger partial charge in [0.1, 0.15) is 6.04 Å². The molecule has 2 saturated heterocycles. The first-order chi connectivity index (χ1) is 26.6. The van der Waals surface area contributed by atoms with Crippen LogP contribution in [0.4, 0.5) is 5.69 Å². The number of nitrogens with zero attached hydrogens (tertiary/aromatic N) is 3. The van der Waals surface area contributed by atoms with Gasteiger partial charge in [0.15, 0.2) is 0 Å². The Morgan fingerprint density at radius 2 is 1.70 bits per heavy atom. The SMILES string of the molecule is CC[C@H](C)[C@@H]([C@@H](CC(=O)N1CCC[C@H]1[C@H](OC)[C@@H](C)C(=O)N[C@H](CO)Cc1ccc(NI)cc1)OC)N(C)C(=O)[C@@H](NC(=O)[C@@H]1[C@H]2CC[C@@H]([C@H]2C)N1C)C(C)C. The fourth-order valence-corrected chi connectivity index (χ4v) is 10.2. The number of likely N-dealkylation sites (tertiary alicyclic amines) is 2. The predicted molar refractivity (Wildman–Crippen MR) is 227 cm³/mol. The molecule has 1 aromatic carbocycles. The highest BCUT2D eigenvalue weighted by atomic mass is 127. The number of hydrogen-bond donors (Lipinski definition) is 4. The number of fused-ring (bicyclic) bond motifs is 2. The quantitative estimate of drug-likeness (QED) is 0.111. The smallest absolute Gasteiger partial charge is 0.245 e. The molecule has 3 aliphatic rings. The van der Waals surface area contributed by atoms with Crippen molar-refractivity contribution in [1.82, 2.24) is 25.3 Å². The van der Waals surface area contributed by atoms with Gasteiger partial charge in [-0.3, -0.25) is 24.1 Å². The van der Waals surface area contributed by atoms with Crippen LogP contribution in [0, 0.1) is 29.6 Å². The molecule has 4 rings (SSSR count). The molecule has 3 fully saturated rings. The number of aliphatic hydroxyl groups is 1. The number of ether oxygens (including phenoxy) is 2. The predicted octanol–water partition coefficient (Wildman–Crippen LogP) is 4.26. The number of nitrogens with one attached hydrogen (secondary N) is 3. The third-order valence-corrected chi connectivity index (χ3v) is 13.9. The Bertz CT molecular complexity index is 1470. The first-order valence-corrected chi connectivity index (χ1v) is 21.7. The van der Waals surface area contributed by atoms with E-state index in [2.05, 4.69) is 62.7 Å². The molecule has 4 amide bonds. The molecule has 1 aromatic rings. The van der Waals surface area contributed by atoms with E-state index in [0.29, 0.717) is 31.3 Å². The number of anilines is 1. The number of halogens is 1. The monoisotopic (exact) mass is 896 g/mol. The van der Waals surface area contributed by atoms with Gasteiger partial charge in [0.05, 0.1) is 78.2 Å². The lowest BCUT2D eigenvalue weighted by atomic mass is 9.89. The second-order valence-electron chi connectivity index (χ2n) is 17.0. The average Bonchev–Trinajstić information content (AvgIpc) is 3.88. The van der Waals surface area contributed by atoms with E-state index in [1.54, 1.807) is 33.1 Å². The van der Waals surface area contributed by atoms with Crippen LogP contribution in [0.2, 0.25) is 0 Å². The van der Waals surface area contributed by atoms with E-state index in [0.717, 1.165) is 36.9 Å². The van der Waals surface area contributed by atoms with Crippen molar-refractivity contribution in [2.24, 2.45) is 29.6 Å². The number of amides is 4. The van der Waals surface area contributed by atoms with E-state index in [1.807, 2.05) is 50.1 Å². The van der Waals surface area contributed by atoms with Crippen LogP contribution in [0.15, 0.2) is 24.3 Å². The Labute approximate surface area is 349 Å². The highest BCUT2D eigenvalue weighted by Gasteiger charge is 2.53. The summed E-state index contributed by atoms with van der Waals surface area (Å²) < 4.78 is 15.1. The summed E-state index contributed by atoms with van der Waals surface area (Å²) in [5.74, 6) is -0.671. The van der Waals surface area contributed by atoms with Crippen molar-refractivity contribution >= 4 is 52.2 Å². The minimum Gasteiger partial charge on any atom is -0.394 e. The zero-order valence-electron chi connectivity index (χ0n) is 35.3. The molecule has 0 spiro atoms. The third-order valence-electron chi connectivity index (χ3n) is 13.3. The van der Waals surface area contributed by atoms with Crippen molar-refractivity contribution in [3.8, 4) is 0 Å². The largest absolute Gasteiger partial charge is 0.394 e. The summed E-state index contributed by atoms with van der Waals surface area (Å²) in [5, 5.41) is 16.3. The molecule has 0 radical (unpaired) electrons. The molecule has 56 heavy (non-hydrogen) atoms. The lowest BCUT2D eigenvalue weighted by Gasteiger charge is -2.41. The van der Waals surface area contributed by atoms with Crippen molar-refractivity contribution in [2.75, 3.05) is 45.0 Å². The van der Waals surface area contributed by atoms with Crippen LogP contribution >= 0.6 is 22.9 Å². The minimum atomic E-state index is -0.725. The molecule has 2 aliphatic heterocycles. The molecule has 13 nitrogen and oxygen atoms in total. The topological polar surface area (TPSA) is 153 Å². The van der Waals surface area contributed by atoms with Crippen molar-refractivity contribution in [1.29, 1.82) is 0 Å². The highest BCUT2D eigenvalue weighted by Crippen LogP contribution is 2.46. The summed E-state index contributed by atoms with van der Waals surface area (Å²) in [6.07, 6.45) is 3.66. The number of likely N-dealkylation sites (N-methyl/N-ethyl adjacent to an activating group) is 2. The molecule has 1 saturated carbocycles. The fraction of sp³-hybridized carbons (Fsp3) is 0.762. The average molecular weight is 897 g/mol. The Morgan fingerprint density at radius 1 is 1.02 bits per heavy atom. The van der Waals surface area contributed by atoms with Crippen molar-refractivity contribution in [3.05, 3.63) is 29.8 Å². The van der Waals surface area contributed by atoms with Crippen LogP contribution in [-0.4, -0.2) is 133 Å². The summed E-state index contributed by atoms with van der Waals surface area (Å²) in [6, 6.07) is 6.01. The number of benzene rings is 1. The van der Waals surface area contributed by atoms with Gasteiger partial charge in [-0.25, -0.2) is 0 Å². The zero-order valence-corrected chi connectivity index (χ0v) is 37.5. The van der Waals surface area contributed by atoms with Crippen LogP contribution < -0.4 is 14.2 Å². The molecule has 4 N–H and O–H groups in total. The number of methoxy groups -OCH3 is 2. The highest BCUT2D eigenvalue weighted by molar-refractivity contribution is 14.1. The lowest BCUT2D eigenvalue weighted by Crippen LogP contribution is -2.60. The molecular formula is C42H69IN6O7. The van der Waals surface area contributed by atoms with E-state index < -0.39 is 36.3 Å². The van der Waals surface area contributed by atoms with Gasteiger partial charge >= 0.3 is 0 Å². The standard InChI is InChI=1S/C42H69IN6O7/c1-11-25(4)37(48(8)42(54)36(24(2)3)45-41(53)38-31-18-19-32(26(31)5)47(38)7)34(55-9)22-35(51)49-20-12-13-33(49)39(56-10)27(6)40(52)44-30(23-50)21-28-14-16-29(46-43)17-15-28/h14-17,24-27,30-34,36-39,46,50H,11-13,18-23H2,1-10H3,(H,44,52)(H,45,53)/t25-,26-,27+,30-,31-,32-,33-,34+,36-,37-,38-,39+/m0/s1. The van der Waals surface area contributed by atoms with Gasteiger partial charge in [-0.05, 0) is 80.5 Å². The van der Waals surface area contributed by atoms with E-state index in [-0.39, 0.29) is 66.5 Å². The Hall–Kier alpha value is -2.53. The second-order valence-corrected chi connectivity index (χ2v) is 17.5. The third kappa shape index (κ3) is 10.4. The molecule has 0 aromatic heterocycles. The van der Waals surface area contributed by atoms with Gasteiger partial charge < -0.3 is 38.5 Å². The van der Waals surface area contributed by atoms with Crippen molar-refractivity contribution < 1.29 is 33.8 Å². The summed E-state index contributed by atoms with van der Waals surface area (Å²) in [5.41, 5.74) is 1.95. The van der Waals surface area contributed by atoms with E-state index in [9.17, 15) is 24.3 Å². The van der Waals surface area contributed by atoms with Gasteiger partial charge in [-0.1, -0.05) is 60.1 Å². The van der Waals surface area contributed by atoms with Gasteiger partial charge in [0.2, 0.25) is 23.6 Å². The van der Waals surface area contributed by atoms with E-state index in [4.69, 9.17) is 9.47 Å². The van der Waals surface area contributed by atoms with Crippen LogP contribution in [0.3, 0.4) is 0 Å². The molecule has 2 bridgehead atoms. The number of carbonyl (C=O) groups excluding carboxylic acids is 4. The van der Waals surface area contributed by atoms with Gasteiger partial charge in [-0.2, -0.15) is 0 Å². The Morgan fingerprint density at radius 3 is 2.23 bits per heavy atom. The van der Waals surface area contributed by atoms with E-state index in [1.165, 1.54) is 0 Å². The van der Waals surface area contributed by atoms with Crippen LogP contribution in [0.25, 0.3) is 0 Å². The molecule has 316 valence electrons. The summed E-state index contributed by atoms with van der Waals surface area (Å²) in [6.45, 7) is 12.4. The van der Waals surface area contributed by atoms with Crippen LogP contribution in [0.1, 0.15) is 85.6 Å². The summed E-state index contributed by atoms with van der Waals surface area (Å²) in [7, 11) is 6.94. The zero-order chi connectivity index (χ0) is 41.4. The molecule has 14 heteroatoms. The normalized spacial score (nSPS) is 25.9. The van der Waals surface area contributed by atoms with Crippen molar-refractivity contribution in [2.45, 2.75) is 135 Å². The maximum atomic E-state index is 14.4. The lowest BCUT2D eigenvalue weighted by molar-refractivity contribution is -0.148. The maximum Gasteiger partial charge on any atom is 0.245 e.